The van der Waals surface area contributed by atoms with E-state index in [0.717, 1.165) is 0 Å². The van der Waals surface area contributed by atoms with Crippen LogP contribution < -0.4 is 59.1 Å². The number of hydrogen-bond acceptors (Lipinski definition) is 3. The van der Waals surface area contributed by atoms with E-state index >= 15 is 0 Å². The Labute approximate surface area is 142 Å². The van der Waals surface area contributed by atoms with Gasteiger partial charge in [-0.25, -0.2) is 13.7 Å². The predicted molar refractivity (Wildman–Crippen MR) is 45.0 cm³/mol. The smallest absolute Gasteiger partial charge is 1.00 e. The average molecular weight is 342 g/mol. The summed E-state index contributed by atoms with van der Waals surface area (Å²) in [6, 6.07) is 0. The van der Waals surface area contributed by atoms with Crippen LogP contribution in [0.3, 0.4) is 0 Å². The van der Waals surface area contributed by atoms with Crippen LogP contribution in [0.2, 0.25) is 0 Å². The van der Waals surface area contributed by atoms with E-state index in [1.54, 1.807) is 0 Å². The van der Waals surface area contributed by atoms with Crippen LogP contribution in [0.25, 0.3) is 0 Å². The summed E-state index contributed by atoms with van der Waals surface area (Å²) in [6.45, 7) is 0. The molecule has 0 heterocycles. The second-order valence-corrected chi connectivity index (χ2v) is 4.62. The summed E-state index contributed by atoms with van der Waals surface area (Å²) in [6.07, 6.45) is 0. The first kappa shape index (κ1) is 31.6. The van der Waals surface area contributed by atoms with Crippen LogP contribution in [0, 0.1) is 0 Å². The molecule has 0 aliphatic carbocycles. The predicted octanol–water partition coefficient (Wildman–Crippen LogP) is -8.55. The minimum Gasteiger partial charge on any atom is -1.00 e. The minimum atomic E-state index is -4.64. The summed E-state index contributed by atoms with van der Waals surface area (Å²) in [5, 5.41) is 0. The van der Waals surface area contributed by atoms with E-state index in [-0.39, 0.29) is 62.0 Å². The van der Waals surface area contributed by atoms with Gasteiger partial charge in [0.15, 0.2) is 0 Å². The van der Waals surface area contributed by atoms with Crippen molar-refractivity contribution in [3.05, 3.63) is 0 Å². The van der Waals surface area contributed by atoms with Crippen molar-refractivity contribution in [1.82, 2.24) is 0 Å². The van der Waals surface area contributed by atoms with E-state index in [9.17, 15) is 0 Å². The summed E-state index contributed by atoms with van der Waals surface area (Å²) >= 11 is 0. The van der Waals surface area contributed by atoms with Crippen molar-refractivity contribution in [2.24, 2.45) is 0 Å². The Morgan fingerprint density at radius 3 is 0.471 bits per heavy atom. The van der Waals surface area contributed by atoms with Gasteiger partial charge in [0.1, 0.15) is 0 Å². The molecule has 100 valence electrons. The van der Waals surface area contributed by atoms with Crippen molar-refractivity contribution in [1.29, 1.82) is 0 Å². The first-order valence-corrected chi connectivity index (χ1v) is 7.04. The fourth-order valence-corrected chi connectivity index (χ4v) is 0. The third kappa shape index (κ3) is 900. The molecule has 12 nitrogen and oxygen atoms in total. The van der Waals surface area contributed by atoms with Crippen LogP contribution >= 0.6 is 23.5 Å². The summed E-state index contributed by atoms with van der Waals surface area (Å²) in [5.74, 6) is 0. The van der Waals surface area contributed by atoms with E-state index in [1.165, 1.54) is 0 Å². The summed E-state index contributed by atoms with van der Waals surface area (Å²) < 4.78 is 26.6. The Kier molecular flexibility index (Phi) is 24.8. The van der Waals surface area contributed by atoms with Gasteiger partial charge in [-0.3, -0.25) is 0 Å². The van der Waals surface area contributed by atoms with Gasteiger partial charge in [-0.15, -0.1) is 0 Å². The Morgan fingerprint density at radius 2 is 0.471 bits per heavy atom. The molecule has 0 aromatic rings. The van der Waals surface area contributed by atoms with Crippen molar-refractivity contribution in [3.8, 4) is 0 Å². The molecule has 0 amide bonds. The molecule has 17 heavy (non-hydrogen) atoms. The normalized spacial score (nSPS) is 10.4. The van der Waals surface area contributed by atoms with E-state index in [2.05, 4.69) is 0 Å². The fraction of sp³-hybridized carbons (Fsp3) is 0. The van der Waals surface area contributed by atoms with Crippen molar-refractivity contribution in [2.45, 2.75) is 0 Å². The van der Waals surface area contributed by atoms with Crippen molar-refractivity contribution < 1.29 is 120 Å². The standard InChI is InChI=1S/2Na.3H3O4P.2H/c;;3*1-5(2,3)4;;/h;;3*(H3,1,2,3,4);;/q2*+1;;;;2*-1. The monoisotopic (exact) mass is 342 g/mol. The van der Waals surface area contributed by atoms with Crippen LogP contribution in [0.15, 0.2) is 0 Å². The summed E-state index contributed by atoms with van der Waals surface area (Å²) in [5.41, 5.74) is 0. The van der Waals surface area contributed by atoms with E-state index in [4.69, 9.17) is 57.7 Å². The molecule has 0 fully saturated rings. The molecule has 0 radical (unpaired) electrons. The van der Waals surface area contributed by atoms with Gasteiger partial charge in [-0.05, 0) is 0 Å². The Balaban J connectivity index is -0.0000000206. The maximum absolute atomic E-state index is 8.88. The second-order valence-electron chi connectivity index (χ2n) is 1.54. The van der Waals surface area contributed by atoms with Gasteiger partial charge < -0.3 is 46.9 Å². The fourth-order valence-electron chi connectivity index (χ4n) is 0. The van der Waals surface area contributed by atoms with Crippen LogP contribution in [0.4, 0.5) is 0 Å². The Bertz CT molecular complexity index is 215. The Morgan fingerprint density at radius 1 is 0.471 bits per heavy atom. The molecule has 17 heteroatoms. The van der Waals surface area contributed by atoms with Gasteiger partial charge in [0.05, 0.1) is 0 Å². The van der Waals surface area contributed by atoms with Gasteiger partial charge in [0, 0.05) is 0 Å². The van der Waals surface area contributed by atoms with Gasteiger partial charge in [0.25, 0.3) is 0 Å². The molecule has 0 saturated heterocycles. The van der Waals surface area contributed by atoms with Crippen LogP contribution in [-0.4, -0.2) is 44.0 Å². The summed E-state index contributed by atoms with van der Waals surface area (Å²) in [7, 11) is -13.9. The van der Waals surface area contributed by atoms with E-state index < -0.39 is 23.5 Å². The average Bonchev–Trinajstić information content (AvgIpc) is 1.41. The second kappa shape index (κ2) is 13.3. The SMILES string of the molecule is O=P(O)(O)O.O=P(O)(O)O.O=P(O)(O)O.[H-].[H-].[Na+].[Na+]. The van der Waals surface area contributed by atoms with Gasteiger partial charge in [-0.1, -0.05) is 0 Å². The van der Waals surface area contributed by atoms with Crippen LogP contribution in [0.1, 0.15) is 2.85 Å². The maximum Gasteiger partial charge on any atom is 1.00 e. The molecule has 0 aliphatic rings. The molecule has 0 rings (SSSR count). The maximum atomic E-state index is 8.88. The molecule has 0 bridgehead atoms. The molecule has 0 spiro atoms. The quantitative estimate of drug-likeness (QED) is 0.147. The van der Waals surface area contributed by atoms with Gasteiger partial charge in [-0.2, -0.15) is 0 Å². The Hall–Kier alpha value is 2.33. The van der Waals surface area contributed by atoms with Crippen molar-refractivity contribution >= 4 is 23.5 Å². The van der Waals surface area contributed by atoms with Crippen molar-refractivity contribution in [2.75, 3.05) is 0 Å². The van der Waals surface area contributed by atoms with Crippen LogP contribution in [-0.2, 0) is 13.7 Å². The molecule has 0 saturated carbocycles. The first-order valence-electron chi connectivity index (χ1n) is 2.35. The van der Waals surface area contributed by atoms with Crippen molar-refractivity contribution in [3.63, 3.8) is 0 Å². The molecule has 0 aliphatic heterocycles. The van der Waals surface area contributed by atoms with E-state index in [1.807, 2.05) is 0 Å². The molecule has 0 aromatic carbocycles. The molecule has 0 atom stereocenters. The minimum absolute atomic E-state index is 0. The molecular formula is H11Na2O12P3. The zero-order valence-electron chi connectivity index (χ0n) is 10.6. The molecule has 9 N–H and O–H groups in total. The zero-order chi connectivity index (χ0) is 13.5. The van der Waals surface area contributed by atoms with E-state index in [0.29, 0.717) is 0 Å². The zero-order valence-corrected chi connectivity index (χ0v) is 15.3. The molecule has 0 unspecified atom stereocenters. The first-order chi connectivity index (χ1) is 6.00. The molecular weight excluding hydrogens is 331 g/mol. The number of phosphoric acid groups is 3. The van der Waals surface area contributed by atoms with Gasteiger partial charge in [0.2, 0.25) is 0 Å². The molecule has 0 aromatic heterocycles. The number of rotatable bonds is 0. The van der Waals surface area contributed by atoms with Gasteiger partial charge >= 0.3 is 82.6 Å². The largest absolute Gasteiger partial charge is 1.00 e. The van der Waals surface area contributed by atoms with Crippen LogP contribution in [0.5, 0.6) is 0 Å². The summed E-state index contributed by atoms with van der Waals surface area (Å²) in [4.78, 5) is 64.7. The third-order valence-corrected chi connectivity index (χ3v) is 0. The number of hydrogen-bond donors (Lipinski definition) is 9. The topological polar surface area (TPSA) is 233 Å². The third-order valence-electron chi connectivity index (χ3n) is 0.